The summed E-state index contributed by atoms with van der Waals surface area (Å²) >= 11 is 0. The van der Waals surface area contributed by atoms with Gasteiger partial charge in [-0.1, -0.05) is 6.08 Å². The lowest BCUT2D eigenvalue weighted by molar-refractivity contribution is -0.0587. The summed E-state index contributed by atoms with van der Waals surface area (Å²) in [5, 5.41) is 20.7. The summed E-state index contributed by atoms with van der Waals surface area (Å²) in [7, 11) is 2.56. The number of hydrogen-bond acceptors (Lipinski definition) is 8. The number of allylic oxidation sites excluding steroid dienone is 1. The summed E-state index contributed by atoms with van der Waals surface area (Å²) in [6, 6.07) is 1.45. The Balaban J connectivity index is 2.46. The number of phenolic OH excluding ortho intramolecular Hbond substituents is 2. The van der Waals surface area contributed by atoms with E-state index >= 15 is 0 Å². The second-order valence-corrected chi connectivity index (χ2v) is 5.41. The Morgan fingerprint density at radius 1 is 1.19 bits per heavy atom. The van der Waals surface area contributed by atoms with Crippen molar-refractivity contribution in [3.63, 3.8) is 0 Å². The molecule has 1 unspecified atom stereocenters. The quantitative estimate of drug-likeness (QED) is 0.631. The maximum atomic E-state index is 12.5. The smallest absolute Gasteiger partial charge is 0.348 e. The molecular weight excluding hydrogens is 344 g/mol. The Bertz CT molecular complexity index is 970. The number of fused-ring (bicyclic) bond motifs is 3. The van der Waals surface area contributed by atoms with Crippen LogP contribution in [-0.4, -0.2) is 30.7 Å². The maximum Gasteiger partial charge on any atom is 0.348 e. The van der Waals surface area contributed by atoms with Crippen molar-refractivity contribution in [2.75, 3.05) is 14.2 Å². The van der Waals surface area contributed by atoms with Crippen LogP contribution in [0.2, 0.25) is 0 Å². The third-order valence-corrected chi connectivity index (χ3v) is 4.00. The molecule has 3 rings (SSSR count). The number of carbonyl (C=O) groups is 1. The van der Waals surface area contributed by atoms with Crippen molar-refractivity contribution in [1.29, 1.82) is 0 Å². The first-order chi connectivity index (χ1) is 12.5. The van der Waals surface area contributed by atoms with E-state index in [1.165, 1.54) is 20.3 Å². The van der Waals surface area contributed by atoms with Gasteiger partial charge in [0.1, 0.15) is 17.1 Å². The average Bonchev–Trinajstić information content (AvgIpc) is 2.63. The number of aromatic hydroxyl groups is 2. The van der Waals surface area contributed by atoms with E-state index in [9.17, 15) is 19.8 Å². The Kier molecular flexibility index (Phi) is 4.43. The van der Waals surface area contributed by atoms with Crippen LogP contribution >= 0.6 is 0 Å². The molecule has 1 aliphatic rings. The minimum Gasteiger partial charge on any atom is -0.504 e. The zero-order chi connectivity index (χ0) is 19.0. The number of methoxy groups -OCH3 is 2. The molecule has 0 saturated heterocycles. The van der Waals surface area contributed by atoms with E-state index in [4.69, 9.17) is 18.6 Å². The SMILES string of the molecule is C/C=C/c1cc2c(c(=O)o1)-c1c(O)c(O)c(OC)c(C=O)c1C(OC)O2. The zero-order valence-electron chi connectivity index (χ0n) is 14.2. The van der Waals surface area contributed by atoms with Gasteiger partial charge in [-0.2, -0.15) is 0 Å². The van der Waals surface area contributed by atoms with Crippen molar-refractivity contribution in [3.05, 3.63) is 39.4 Å². The van der Waals surface area contributed by atoms with Gasteiger partial charge in [-0.25, -0.2) is 4.79 Å². The summed E-state index contributed by atoms with van der Waals surface area (Å²) in [5.41, 5.74) is -1.07. The molecule has 8 heteroatoms. The van der Waals surface area contributed by atoms with Crippen molar-refractivity contribution in [1.82, 2.24) is 0 Å². The van der Waals surface area contributed by atoms with Crippen molar-refractivity contribution in [2.24, 2.45) is 0 Å². The van der Waals surface area contributed by atoms with Crippen LogP contribution in [0.15, 0.2) is 21.4 Å². The van der Waals surface area contributed by atoms with E-state index < -0.39 is 23.4 Å². The Morgan fingerprint density at radius 2 is 1.92 bits per heavy atom. The topological polar surface area (TPSA) is 115 Å². The van der Waals surface area contributed by atoms with Gasteiger partial charge < -0.3 is 28.8 Å². The van der Waals surface area contributed by atoms with Crippen molar-refractivity contribution >= 4 is 12.4 Å². The molecule has 0 fully saturated rings. The molecule has 1 aromatic heterocycles. The van der Waals surface area contributed by atoms with Gasteiger partial charge in [-0.3, -0.25) is 4.79 Å². The van der Waals surface area contributed by atoms with E-state index in [1.807, 2.05) is 0 Å². The number of phenols is 2. The summed E-state index contributed by atoms with van der Waals surface area (Å²) in [6.45, 7) is 1.75. The van der Waals surface area contributed by atoms with Crippen LogP contribution in [0.1, 0.15) is 34.9 Å². The highest BCUT2D eigenvalue weighted by Gasteiger charge is 2.38. The van der Waals surface area contributed by atoms with Crippen molar-refractivity contribution < 1.29 is 33.6 Å². The van der Waals surface area contributed by atoms with Gasteiger partial charge in [0.05, 0.1) is 12.7 Å². The molecule has 8 nitrogen and oxygen atoms in total. The third kappa shape index (κ3) is 2.42. The summed E-state index contributed by atoms with van der Waals surface area (Å²) in [5.74, 6) is -1.24. The van der Waals surface area contributed by atoms with Gasteiger partial charge in [-0.15, -0.1) is 0 Å². The summed E-state index contributed by atoms with van der Waals surface area (Å²) in [6.07, 6.45) is 2.55. The molecule has 1 aromatic carbocycles. The lowest BCUT2D eigenvalue weighted by Gasteiger charge is -2.29. The Hall–Kier alpha value is -3.26. The van der Waals surface area contributed by atoms with Gasteiger partial charge in [0, 0.05) is 24.3 Å². The van der Waals surface area contributed by atoms with Gasteiger partial charge >= 0.3 is 5.63 Å². The van der Waals surface area contributed by atoms with Crippen LogP contribution in [0.25, 0.3) is 17.2 Å². The second-order valence-electron chi connectivity index (χ2n) is 5.41. The lowest BCUT2D eigenvalue weighted by Crippen LogP contribution is -2.22. The van der Waals surface area contributed by atoms with Gasteiger partial charge in [-0.05, 0) is 13.0 Å². The standard InChI is InChI=1S/C18H16O8/c1-4-5-8-6-10-12(17(22)25-8)13-11(18(24-3)26-10)9(7-19)16(23-2)15(21)14(13)20/h4-7,18,20-21H,1-3H3/b5-4+. The molecule has 0 aliphatic carbocycles. The van der Waals surface area contributed by atoms with Gasteiger partial charge in [0.2, 0.25) is 12.0 Å². The van der Waals surface area contributed by atoms with Crippen LogP contribution < -0.4 is 15.1 Å². The van der Waals surface area contributed by atoms with Gasteiger partial charge in [0.15, 0.2) is 17.8 Å². The first-order valence-electron chi connectivity index (χ1n) is 7.60. The molecule has 0 radical (unpaired) electrons. The van der Waals surface area contributed by atoms with Crippen LogP contribution in [-0.2, 0) is 4.74 Å². The van der Waals surface area contributed by atoms with Crippen LogP contribution in [0, 0.1) is 0 Å². The predicted molar refractivity (Wildman–Crippen MR) is 90.8 cm³/mol. The molecule has 136 valence electrons. The first-order valence-corrected chi connectivity index (χ1v) is 7.60. The molecule has 1 aliphatic heterocycles. The monoisotopic (exact) mass is 360 g/mol. The fraction of sp³-hybridized carbons (Fsp3) is 0.222. The highest BCUT2D eigenvalue weighted by atomic mass is 16.7. The summed E-state index contributed by atoms with van der Waals surface area (Å²) in [4.78, 5) is 24.1. The van der Waals surface area contributed by atoms with E-state index in [-0.39, 0.29) is 39.5 Å². The van der Waals surface area contributed by atoms with Crippen LogP contribution in [0.3, 0.4) is 0 Å². The first kappa shape index (κ1) is 17.6. The number of rotatable bonds is 4. The van der Waals surface area contributed by atoms with Crippen molar-refractivity contribution in [3.8, 4) is 34.1 Å². The molecule has 2 aromatic rings. The van der Waals surface area contributed by atoms with Crippen LogP contribution in [0.4, 0.5) is 0 Å². The van der Waals surface area contributed by atoms with Crippen molar-refractivity contribution in [2.45, 2.75) is 13.2 Å². The van der Waals surface area contributed by atoms with E-state index in [0.717, 1.165) is 0 Å². The fourth-order valence-electron chi connectivity index (χ4n) is 2.95. The normalized spacial score (nSPS) is 15.3. The van der Waals surface area contributed by atoms with E-state index in [1.54, 1.807) is 19.1 Å². The third-order valence-electron chi connectivity index (χ3n) is 4.00. The number of benzene rings is 1. The number of aldehydes is 1. The molecule has 0 bridgehead atoms. The highest BCUT2D eigenvalue weighted by Crippen LogP contribution is 2.53. The number of hydrogen-bond donors (Lipinski definition) is 2. The Morgan fingerprint density at radius 3 is 2.50 bits per heavy atom. The minimum atomic E-state index is -1.11. The average molecular weight is 360 g/mol. The molecule has 2 N–H and O–H groups in total. The second kappa shape index (κ2) is 6.57. The molecular formula is C18H16O8. The maximum absolute atomic E-state index is 12.5. The minimum absolute atomic E-state index is 0.0632. The number of carbonyl (C=O) groups excluding carboxylic acids is 1. The largest absolute Gasteiger partial charge is 0.504 e. The van der Waals surface area contributed by atoms with Gasteiger partial charge in [0.25, 0.3) is 0 Å². The molecule has 26 heavy (non-hydrogen) atoms. The molecule has 0 amide bonds. The fourth-order valence-corrected chi connectivity index (χ4v) is 2.95. The Labute approximate surface area is 147 Å². The molecule has 2 heterocycles. The van der Waals surface area contributed by atoms with Crippen LogP contribution in [0.5, 0.6) is 23.0 Å². The molecule has 0 saturated carbocycles. The lowest BCUT2D eigenvalue weighted by atomic mass is 9.91. The predicted octanol–water partition coefficient (Wildman–Crippen LogP) is 2.61. The molecule has 1 atom stereocenters. The molecule has 0 spiro atoms. The zero-order valence-corrected chi connectivity index (χ0v) is 14.2. The highest BCUT2D eigenvalue weighted by molar-refractivity contribution is 5.94. The summed E-state index contributed by atoms with van der Waals surface area (Å²) < 4.78 is 21.2. The number of ether oxygens (including phenoxy) is 3. The van der Waals surface area contributed by atoms with E-state index in [2.05, 4.69) is 0 Å². The van der Waals surface area contributed by atoms with E-state index in [0.29, 0.717) is 6.29 Å².